The second-order valence-electron chi connectivity index (χ2n) is 7.90. The number of benzene rings is 2. The van der Waals surface area contributed by atoms with Crippen molar-refractivity contribution in [1.82, 2.24) is 0 Å². The number of aryl methyl sites for hydroxylation is 3. The van der Waals surface area contributed by atoms with E-state index in [2.05, 4.69) is 10.6 Å². The SMILES string of the molecule is CCOC(=O)c1c(NC(=O)COc2ccc(C)cc2)sc(C(=O)Nc2ccc(C)cc2C)c1C. The number of amides is 2. The number of thiophene rings is 1. The minimum atomic E-state index is -0.600. The average Bonchev–Trinajstić information content (AvgIpc) is 3.11. The van der Waals surface area contributed by atoms with E-state index in [0.717, 1.165) is 28.0 Å². The van der Waals surface area contributed by atoms with Crippen molar-refractivity contribution in [3.63, 3.8) is 0 Å². The minimum absolute atomic E-state index is 0.168. The molecule has 2 N–H and O–H groups in total. The zero-order valence-corrected chi connectivity index (χ0v) is 20.7. The van der Waals surface area contributed by atoms with E-state index in [1.165, 1.54) is 0 Å². The van der Waals surface area contributed by atoms with E-state index in [-0.39, 0.29) is 29.7 Å². The number of hydrogen-bond acceptors (Lipinski definition) is 6. The molecule has 0 bridgehead atoms. The first kappa shape index (κ1) is 25.0. The maximum absolute atomic E-state index is 13.1. The van der Waals surface area contributed by atoms with E-state index in [1.54, 1.807) is 26.0 Å². The summed E-state index contributed by atoms with van der Waals surface area (Å²) in [6.45, 7) is 9.13. The highest BCUT2D eigenvalue weighted by Gasteiger charge is 2.27. The van der Waals surface area contributed by atoms with Crippen LogP contribution in [0.4, 0.5) is 10.7 Å². The van der Waals surface area contributed by atoms with Gasteiger partial charge < -0.3 is 20.1 Å². The van der Waals surface area contributed by atoms with E-state index < -0.39 is 11.9 Å². The molecule has 2 aromatic carbocycles. The second-order valence-corrected chi connectivity index (χ2v) is 8.92. The van der Waals surface area contributed by atoms with Crippen LogP contribution in [0.15, 0.2) is 42.5 Å². The lowest BCUT2D eigenvalue weighted by atomic mass is 10.1. The molecule has 178 valence electrons. The molecule has 0 aliphatic carbocycles. The number of ether oxygens (including phenoxy) is 2. The Hall–Kier alpha value is -3.65. The maximum atomic E-state index is 13.1. The van der Waals surface area contributed by atoms with Crippen molar-refractivity contribution in [2.24, 2.45) is 0 Å². The second kappa shape index (κ2) is 11.0. The summed E-state index contributed by atoms with van der Waals surface area (Å²) >= 11 is 1.03. The fraction of sp³-hybridized carbons (Fsp3) is 0.269. The Morgan fingerprint density at radius 1 is 0.912 bits per heavy atom. The highest BCUT2D eigenvalue weighted by Crippen LogP contribution is 2.34. The fourth-order valence-electron chi connectivity index (χ4n) is 3.35. The lowest BCUT2D eigenvalue weighted by Crippen LogP contribution is -2.21. The van der Waals surface area contributed by atoms with Gasteiger partial charge in [-0.1, -0.05) is 35.4 Å². The van der Waals surface area contributed by atoms with Gasteiger partial charge in [-0.05, 0) is 63.9 Å². The third kappa shape index (κ3) is 6.02. The predicted octanol–water partition coefficient (Wildman–Crippen LogP) is 5.43. The van der Waals surface area contributed by atoms with Crippen molar-refractivity contribution in [1.29, 1.82) is 0 Å². The zero-order valence-electron chi connectivity index (χ0n) is 19.9. The van der Waals surface area contributed by atoms with Crippen molar-refractivity contribution in [2.45, 2.75) is 34.6 Å². The number of carbonyl (C=O) groups excluding carboxylic acids is 3. The van der Waals surface area contributed by atoms with Crippen LogP contribution in [-0.4, -0.2) is 31.0 Å². The van der Waals surface area contributed by atoms with Gasteiger partial charge in [-0.3, -0.25) is 9.59 Å². The van der Waals surface area contributed by atoms with Crippen molar-refractivity contribution < 1.29 is 23.9 Å². The Morgan fingerprint density at radius 3 is 2.24 bits per heavy atom. The predicted molar refractivity (Wildman–Crippen MR) is 134 cm³/mol. The Kier molecular flexibility index (Phi) is 8.07. The van der Waals surface area contributed by atoms with Crippen molar-refractivity contribution in [3.8, 4) is 5.75 Å². The number of anilines is 2. The van der Waals surface area contributed by atoms with Crippen LogP contribution in [0.25, 0.3) is 0 Å². The number of nitrogens with one attached hydrogen (secondary N) is 2. The molecule has 0 saturated carbocycles. The van der Waals surface area contributed by atoms with Gasteiger partial charge in [-0.15, -0.1) is 11.3 Å². The fourth-order valence-corrected chi connectivity index (χ4v) is 4.45. The van der Waals surface area contributed by atoms with Crippen molar-refractivity contribution in [3.05, 3.63) is 75.2 Å². The molecule has 0 aliphatic heterocycles. The van der Waals surface area contributed by atoms with E-state index in [4.69, 9.17) is 9.47 Å². The number of carbonyl (C=O) groups is 3. The molecular weight excluding hydrogens is 452 g/mol. The number of rotatable bonds is 8. The molecule has 3 rings (SSSR count). The normalized spacial score (nSPS) is 10.5. The van der Waals surface area contributed by atoms with Crippen LogP contribution in [0.2, 0.25) is 0 Å². The van der Waals surface area contributed by atoms with Gasteiger partial charge in [-0.2, -0.15) is 0 Å². The zero-order chi connectivity index (χ0) is 24.8. The smallest absolute Gasteiger partial charge is 0.341 e. The topological polar surface area (TPSA) is 93.7 Å². The van der Waals surface area contributed by atoms with E-state index >= 15 is 0 Å². The first-order valence-electron chi connectivity index (χ1n) is 10.9. The standard InChI is InChI=1S/C26H28N2O5S/c1-6-32-26(31)22-18(5)23(24(30)27-20-12-9-16(3)13-17(20)4)34-25(22)28-21(29)14-33-19-10-7-15(2)8-11-19/h7-13H,6,14H2,1-5H3,(H,27,30)(H,28,29). The lowest BCUT2D eigenvalue weighted by molar-refractivity contribution is -0.118. The third-order valence-corrected chi connectivity index (χ3v) is 6.31. The highest BCUT2D eigenvalue weighted by molar-refractivity contribution is 7.19. The molecule has 2 amide bonds. The Balaban J connectivity index is 1.81. The molecule has 0 unspecified atom stereocenters. The molecule has 7 nitrogen and oxygen atoms in total. The summed E-state index contributed by atoms with van der Waals surface area (Å²) in [4.78, 5) is 38.6. The first-order valence-corrected chi connectivity index (χ1v) is 11.7. The van der Waals surface area contributed by atoms with Crippen LogP contribution in [0, 0.1) is 27.7 Å². The molecule has 34 heavy (non-hydrogen) atoms. The summed E-state index contributed by atoms with van der Waals surface area (Å²) in [7, 11) is 0. The monoisotopic (exact) mass is 480 g/mol. The summed E-state index contributed by atoms with van der Waals surface area (Å²) in [6.07, 6.45) is 0. The van der Waals surface area contributed by atoms with Crippen LogP contribution in [0.1, 0.15) is 49.2 Å². The van der Waals surface area contributed by atoms with E-state index in [9.17, 15) is 14.4 Å². The molecule has 1 aromatic heterocycles. The molecule has 8 heteroatoms. The van der Waals surface area contributed by atoms with Gasteiger partial charge in [0.1, 0.15) is 10.8 Å². The van der Waals surface area contributed by atoms with Gasteiger partial charge in [0.05, 0.1) is 17.0 Å². The molecule has 0 saturated heterocycles. The largest absolute Gasteiger partial charge is 0.484 e. The Morgan fingerprint density at radius 2 is 1.59 bits per heavy atom. The number of hydrogen-bond donors (Lipinski definition) is 2. The van der Waals surface area contributed by atoms with Crippen molar-refractivity contribution >= 4 is 39.8 Å². The molecule has 0 spiro atoms. The maximum Gasteiger partial charge on any atom is 0.341 e. The van der Waals surface area contributed by atoms with Gasteiger partial charge in [0.2, 0.25) is 0 Å². The quantitative estimate of drug-likeness (QED) is 0.420. The molecule has 0 atom stereocenters. The molecule has 3 aromatic rings. The summed E-state index contributed by atoms with van der Waals surface area (Å²) in [5.41, 5.74) is 4.39. The Bertz CT molecular complexity index is 1210. The van der Waals surface area contributed by atoms with Gasteiger partial charge >= 0.3 is 5.97 Å². The van der Waals surface area contributed by atoms with Crippen LogP contribution in [-0.2, 0) is 9.53 Å². The lowest BCUT2D eigenvalue weighted by Gasteiger charge is -2.09. The van der Waals surface area contributed by atoms with Crippen molar-refractivity contribution in [2.75, 3.05) is 23.8 Å². The average molecular weight is 481 g/mol. The first-order chi connectivity index (χ1) is 16.2. The molecule has 0 fully saturated rings. The van der Waals surface area contributed by atoms with Crippen LogP contribution in [0.5, 0.6) is 5.75 Å². The van der Waals surface area contributed by atoms with Crippen LogP contribution < -0.4 is 15.4 Å². The summed E-state index contributed by atoms with van der Waals surface area (Å²) in [5, 5.41) is 5.85. The van der Waals surface area contributed by atoms with Crippen LogP contribution in [0.3, 0.4) is 0 Å². The van der Waals surface area contributed by atoms with E-state index in [0.29, 0.717) is 21.9 Å². The minimum Gasteiger partial charge on any atom is -0.484 e. The van der Waals surface area contributed by atoms with Gasteiger partial charge in [0, 0.05) is 5.69 Å². The highest BCUT2D eigenvalue weighted by atomic mass is 32.1. The van der Waals surface area contributed by atoms with Crippen LogP contribution >= 0.6 is 11.3 Å². The number of esters is 1. The van der Waals surface area contributed by atoms with Gasteiger partial charge in [-0.25, -0.2) is 4.79 Å². The van der Waals surface area contributed by atoms with E-state index in [1.807, 2.05) is 51.1 Å². The molecule has 0 aliphatic rings. The summed E-state index contributed by atoms with van der Waals surface area (Å²) in [6, 6.07) is 13.0. The summed E-state index contributed by atoms with van der Waals surface area (Å²) < 4.78 is 10.7. The van der Waals surface area contributed by atoms with Gasteiger partial charge in [0.25, 0.3) is 11.8 Å². The molecule has 0 radical (unpaired) electrons. The Labute approximate surface area is 203 Å². The summed E-state index contributed by atoms with van der Waals surface area (Å²) in [5.74, 6) is -0.857. The molecular formula is C26H28N2O5S. The van der Waals surface area contributed by atoms with Gasteiger partial charge in [0.15, 0.2) is 6.61 Å². The molecule has 1 heterocycles. The third-order valence-electron chi connectivity index (χ3n) is 5.11.